The number of halogens is 1. The molecule has 0 saturated heterocycles. The van der Waals surface area contributed by atoms with Crippen molar-refractivity contribution in [2.45, 2.75) is 20.0 Å². The maximum Gasteiger partial charge on any atom is 0.335 e. The molecule has 0 fully saturated rings. The average molecular weight is 349 g/mol. The molecular formula is C16H17BrN2O2. The summed E-state index contributed by atoms with van der Waals surface area (Å²) in [7, 11) is 2.02. The molecule has 5 heteroatoms. The second kappa shape index (κ2) is 6.83. The summed E-state index contributed by atoms with van der Waals surface area (Å²) in [5.41, 5.74) is 3.37. The highest BCUT2D eigenvalue weighted by atomic mass is 79.9. The molecule has 0 aliphatic carbocycles. The first kappa shape index (κ1) is 15.7. The third-order valence-corrected chi connectivity index (χ3v) is 3.86. The molecule has 110 valence electrons. The molecule has 0 atom stereocenters. The van der Waals surface area contributed by atoms with Crippen molar-refractivity contribution in [1.82, 2.24) is 9.88 Å². The molecule has 1 aromatic heterocycles. The standard InChI is InChI=1S/C16H17BrN2O2/c1-11-4-3-5-14(18-11)10-19(2)9-13-7-6-12(16(20)21)8-15(13)17/h3-8H,9-10H2,1-2H3,(H,20,21). The van der Waals surface area contributed by atoms with Crippen LogP contribution in [-0.2, 0) is 13.1 Å². The van der Waals surface area contributed by atoms with Crippen LogP contribution in [0.4, 0.5) is 0 Å². The van der Waals surface area contributed by atoms with Gasteiger partial charge in [-0.05, 0) is 43.8 Å². The number of aryl methyl sites for hydroxylation is 1. The predicted octanol–water partition coefficient (Wildman–Crippen LogP) is 3.48. The van der Waals surface area contributed by atoms with Crippen LogP contribution in [0.2, 0.25) is 0 Å². The van der Waals surface area contributed by atoms with Crippen LogP contribution in [0.25, 0.3) is 0 Å². The Morgan fingerprint density at radius 3 is 2.67 bits per heavy atom. The summed E-state index contributed by atoms with van der Waals surface area (Å²) < 4.78 is 0.812. The highest BCUT2D eigenvalue weighted by Crippen LogP contribution is 2.20. The minimum Gasteiger partial charge on any atom is -0.478 e. The van der Waals surface area contributed by atoms with E-state index in [2.05, 4.69) is 25.8 Å². The smallest absolute Gasteiger partial charge is 0.335 e. The molecule has 1 aromatic carbocycles. The predicted molar refractivity (Wildman–Crippen MR) is 85.2 cm³/mol. The number of aromatic carboxylic acids is 1. The molecule has 0 amide bonds. The number of aromatic nitrogens is 1. The lowest BCUT2D eigenvalue weighted by molar-refractivity contribution is 0.0697. The fraction of sp³-hybridized carbons (Fsp3) is 0.250. The van der Waals surface area contributed by atoms with Crippen LogP contribution in [0.3, 0.4) is 0 Å². The van der Waals surface area contributed by atoms with E-state index >= 15 is 0 Å². The first-order valence-electron chi connectivity index (χ1n) is 6.58. The van der Waals surface area contributed by atoms with Gasteiger partial charge in [0.1, 0.15) is 0 Å². The molecule has 0 aliphatic heterocycles. The third kappa shape index (κ3) is 4.37. The largest absolute Gasteiger partial charge is 0.478 e. The lowest BCUT2D eigenvalue weighted by atomic mass is 10.1. The Hall–Kier alpha value is -1.72. The maximum absolute atomic E-state index is 10.9. The van der Waals surface area contributed by atoms with Crippen LogP contribution in [0.15, 0.2) is 40.9 Å². The zero-order chi connectivity index (χ0) is 15.4. The highest BCUT2D eigenvalue weighted by molar-refractivity contribution is 9.10. The Balaban J connectivity index is 2.06. The highest BCUT2D eigenvalue weighted by Gasteiger charge is 2.09. The number of carbonyl (C=O) groups is 1. The summed E-state index contributed by atoms with van der Waals surface area (Å²) in [6, 6.07) is 11.1. The van der Waals surface area contributed by atoms with Crippen LogP contribution < -0.4 is 0 Å². The van der Waals surface area contributed by atoms with Crippen LogP contribution in [-0.4, -0.2) is 28.0 Å². The Labute approximate surface area is 132 Å². The van der Waals surface area contributed by atoms with E-state index in [1.54, 1.807) is 12.1 Å². The van der Waals surface area contributed by atoms with E-state index in [0.717, 1.165) is 34.5 Å². The van der Waals surface area contributed by atoms with Gasteiger partial charge in [-0.15, -0.1) is 0 Å². The summed E-state index contributed by atoms with van der Waals surface area (Å²) in [5.74, 6) is -0.917. The van der Waals surface area contributed by atoms with E-state index in [1.165, 1.54) is 0 Å². The summed E-state index contributed by atoms with van der Waals surface area (Å²) in [5, 5.41) is 8.96. The van der Waals surface area contributed by atoms with Crippen molar-refractivity contribution in [3.8, 4) is 0 Å². The van der Waals surface area contributed by atoms with Crippen molar-refractivity contribution >= 4 is 21.9 Å². The summed E-state index contributed by atoms with van der Waals surface area (Å²) in [6.45, 7) is 3.44. The second-order valence-corrected chi connectivity index (χ2v) is 5.91. The van der Waals surface area contributed by atoms with Crippen molar-refractivity contribution < 1.29 is 9.90 Å². The summed E-state index contributed by atoms with van der Waals surface area (Å²) in [4.78, 5) is 17.5. The molecule has 2 aromatic rings. The van der Waals surface area contributed by atoms with Gasteiger partial charge in [0.25, 0.3) is 0 Å². The first-order chi connectivity index (χ1) is 9.95. The van der Waals surface area contributed by atoms with Gasteiger partial charge in [0, 0.05) is 23.3 Å². The Bertz CT molecular complexity index is 658. The number of hydrogen-bond donors (Lipinski definition) is 1. The molecule has 0 radical (unpaired) electrons. The van der Waals surface area contributed by atoms with Gasteiger partial charge in [0.15, 0.2) is 0 Å². The Morgan fingerprint density at radius 1 is 1.29 bits per heavy atom. The Morgan fingerprint density at radius 2 is 2.05 bits per heavy atom. The van der Waals surface area contributed by atoms with Crippen molar-refractivity contribution in [3.63, 3.8) is 0 Å². The fourth-order valence-corrected chi connectivity index (χ4v) is 2.62. The van der Waals surface area contributed by atoms with Gasteiger partial charge in [-0.2, -0.15) is 0 Å². The van der Waals surface area contributed by atoms with E-state index in [4.69, 9.17) is 5.11 Å². The minimum atomic E-state index is -0.917. The van der Waals surface area contributed by atoms with Crippen molar-refractivity contribution in [1.29, 1.82) is 0 Å². The van der Waals surface area contributed by atoms with Gasteiger partial charge in [-0.25, -0.2) is 4.79 Å². The quantitative estimate of drug-likeness (QED) is 0.898. The van der Waals surface area contributed by atoms with Crippen molar-refractivity contribution in [2.75, 3.05) is 7.05 Å². The van der Waals surface area contributed by atoms with E-state index in [9.17, 15) is 4.79 Å². The van der Waals surface area contributed by atoms with E-state index in [-0.39, 0.29) is 5.56 Å². The number of benzene rings is 1. The topological polar surface area (TPSA) is 53.4 Å². The minimum absolute atomic E-state index is 0.286. The van der Waals surface area contributed by atoms with Gasteiger partial charge < -0.3 is 5.11 Å². The Kier molecular flexibility index (Phi) is 5.09. The van der Waals surface area contributed by atoms with Gasteiger partial charge >= 0.3 is 5.97 Å². The number of carboxylic acids is 1. The molecule has 0 saturated carbocycles. The number of nitrogens with zero attached hydrogens (tertiary/aromatic N) is 2. The van der Waals surface area contributed by atoms with Crippen LogP contribution >= 0.6 is 15.9 Å². The number of rotatable bonds is 5. The normalized spacial score (nSPS) is 10.9. The summed E-state index contributed by atoms with van der Waals surface area (Å²) in [6.07, 6.45) is 0. The van der Waals surface area contributed by atoms with Gasteiger partial charge in [0.2, 0.25) is 0 Å². The zero-order valence-electron chi connectivity index (χ0n) is 12.0. The van der Waals surface area contributed by atoms with E-state index in [0.29, 0.717) is 0 Å². The third-order valence-electron chi connectivity index (χ3n) is 3.12. The molecule has 1 heterocycles. The number of carboxylic acid groups (broad SMARTS) is 1. The van der Waals surface area contributed by atoms with Gasteiger partial charge in [-0.3, -0.25) is 9.88 Å². The number of pyridine rings is 1. The van der Waals surface area contributed by atoms with Crippen molar-refractivity contribution in [3.05, 3.63) is 63.4 Å². The molecule has 0 bridgehead atoms. The molecule has 1 N–H and O–H groups in total. The zero-order valence-corrected chi connectivity index (χ0v) is 13.6. The lowest BCUT2D eigenvalue weighted by Crippen LogP contribution is -2.18. The van der Waals surface area contributed by atoms with Crippen LogP contribution in [0.5, 0.6) is 0 Å². The lowest BCUT2D eigenvalue weighted by Gasteiger charge is -2.17. The van der Waals surface area contributed by atoms with Gasteiger partial charge in [-0.1, -0.05) is 28.1 Å². The maximum atomic E-state index is 10.9. The molecule has 0 spiro atoms. The van der Waals surface area contributed by atoms with Crippen LogP contribution in [0.1, 0.15) is 27.3 Å². The van der Waals surface area contributed by atoms with Crippen molar-refractivity contribution in [2.24, 2.45) is 0 Å². The van der Waals surface area contributed by atoms with Crippen LogP contribution in [0, 0.1) is 6.92 Å². The molecular weight excluding hydrogens is 332 g/mol. The van der Waals surface area contributed by atoms with Gasteiger partial charge in [0.05, 0.1) is 11.3 Å². The molecule has 0 aliphatic rings. The second-order valence-electron chi connectivity index (χ2n) is 5.05. The summed E-state index contributed by atoms with van der Waals surface area (Å²) >= 11 is 3.44. The monoisotopic (exact) mass is 348 g/mol. The van der Waals surface area contributed by atoms with E-state index < -0.39 is 5.97 Å². The average Bonchev–Trinajstić information content (AvgIpc) is 2.40. The molecule has 2 rings (SSSR count). The first-order valence-corrected chi connectivity index (χ1v) is 7.38. The number of hydrogen-bond acceptors (Lipinski definition) is 3. The molecule has 4 nitrogen and oxygen atoms in total. The molecule has 0 unspecified atom stereocenters. The molecule has 21 heavy (non-hydrogen) atoms. The fourth-order valence-electron chi connectivity index (χ4n) is 2.12. The van der Waals surface area contributed by atoms with E-state index in [1.807, 2.05) is 38.2 Å². The SMILES string of the molecule is Cc1cccc(CN(C)Cc2ccc(C(=O)O)cc2Br)n1.